The maximum atomic E-state index is 13.9. The van der Waals surface area contributed by atoms with Gasteiger partial charge in [-0.1, -0.05) is 28.1 Å². The van der Waals surface area contributed by atoms with Crippen molar-refractivity contribution in [1.82, 2.24) is 5.32 Å². The molecule has 0 amide bonds. The van der Waals surface area contributed by atoms with E-state index >= 15 is 0 Å². The molecule has 4 heteroatoms. The summed E-state index contributed by atoms with van der Waals surface area (Å²) in [5.41, 5.74) is 0.111. The second-order valence-electron chi connectivity index (χ2n) is 3.82. The van der Waals surface area contributed by atoms with Crippen molar-refractivity contribution >= 4 is 15.9 Å². The van der Waals surface area contributed by atoms with Gasteiger partial charge in [-0.2, -0.15) is 0 Å². The van der Waals surface area contributed by atoms with Crippen LogP contribution < -0.4 is 5.32 Å². The predicted molar refractivity (Wildman–Crippen MR) is 59.0 cm³/mol. The van der Waals surface area contributed by atoms with Crippen LogP contribution in [-0.4, -0.2) is 13.1 Å². The summed E-state index contributed by atoms with van der Waals surface area (Å²) in [5, 5.41) is 2.97. The molecule has 1 aromatic carbocycles. The summed E-state index contributed by atoms with van der Waals surface area (Å²) in [6, 6.07) is 6.29. The Bertz CT molecular complexity index is 331. The largest absolute Gasteiger partial charge is 0.316 e. The van der Waals surface area contributed by atoms with Gasteiger partial charge in [0.25, 0.3) is 5.92 Å². The van der Waals surface area contributed by atoms with Crippen molar-refractivity contribution in [2.24, 2.45) is 5.92 Å². The van der Waals surface area contributed by atoms with E-state index in [9.17, 15) is 8.78 Å². The van der Waals surface area contributed by atoms with E-state index in [0.29, 0.717) is 19.5 Å². The summed E-state index contributed by atoms with van der Waals surface area (Å²) in [7, 11) is 0. The molecule has 0 spiro atoms. The van der Waals surface area contributed by atoms with Gasteiger partial charge in [-0.15, -0.1) is 0 Å². The van der Waals surface area contributed by atoms with Crippen molar-refractivity contribution in [3.63, 3.8) is 0 Å². The lowest BCUT2D eigenvalue weighted by molar-refractivity contribution is -0.0575. The van der Waals surface area contributed by atoms with Gasteiger partial charge in [0.2, 0.25) is 0 Å². The molecule has 82 valence electrons. The van der Waals surface area contributed by atoms with Gasteiger partial charge in [-0.3, -0.25) is 0 Å². The van der Waals surface area contributed by atoms with E-state index in [1.165, 1.54) is 12.1 Å². The van der Waals surface area contributed by atoms with Gasteiger partial charge in [0, 0.05) is 22.5 Å². The van der Waals surface area contributed by atoms with Gasteiger partial charge in [-0.05, 0) is 25.1 Å². The van der Waals surface area contributed by atoms with Crippen molar-refractivity contribution in [3.05, 3.63) is 34.3 Å². The Hall–Kier alpha value is -0.480. The molecule has 1 aliphatic rings. The number of rotatable bonds is 2. The Labute approximate surface area is 96.0 Å². The first kappa shape index (κ1) is 11.0. The van der Waals surface area contributed by atoms with E-state index in [0.717, 1.165) is 4.47 Å². The van der Waals surface area contributed by atoms with Crippen molar-refractivity contribution in [3.8, 4) is 0 Å². The fourth-order valence-corrected chi connectivity index (χ4v) is 2.14. The molecule has 0 bridgehead atoms. The molecule has 1 unspecified atom stereocenters. The second kappa shape index (κ2) is 4.18. The molecule has 15 heavy (non-hydrogen) atoms. The first-order valence-electron chi connectivity index (χ1n) is 4.95. The van der Waals surface area contributed by atoms with Crippen LogP contribution >= 0.6 is 15.9 Å². The Kier molecular flexibility index (Phi) is 3.07. The highest BCUT2D eigenvalue weighted by Crippen LogP contribution is 2.39. The van der Waals surface area contributed by atoms with Crippen LogP contribution in [0.25, 0.3) is 0 Å². The molecule has 0 saturated carbocycles. The van der Waals surface area contributed by atoms with E-state index in [1.807, 2.05) is 0 Å². The minimum Gasteiger partial charge on any atom is -0.316 e. The Balaban J connectivity index is 2.23. The number of halogens is 3. The first-order valence-corrected chi connectivity index (χ1v) is 5.74. The Morgan fingerprint density at radius 2 is 1.93 bits per heavy atom. The zero-order chi connectivity index (χ0) is 10.9. The molecule has 1 heterocycles. The minimum atomic E-state index is -2.72. The summed E-state index contributed by atoms with van der Waals surface area (Å²) >= 11 is 3.24. The maximum Gasteiger partial charge on any atom is 0.277 e. The van der Waals surface area contributed by atoms with Crippen LogP contribution in [-0.2, 0) is 5.92 Å². The molecule has 0 aromatic heterocycles. The van der Waals surface area contributed by atoms with Gasteiger partial charge >= 0.3 is 0 Å². The van der Waals surface area contributed by atoms with Gasteiger partial charge < -0.3 is 5.32 Å². The molecule has 1 N–H and O–H groups in total. The van der Waals surface area contributed by atoms with E-state index in [4.69, 9.17) is 0 Å². The number of hydrogen-bond donors (Lipinski definition) is 1. The van der Waals surface area contributed by atoms with Crippen LogP contribution in [0.2, 0.25) is 0 Å². The summed E-state index contributed by atoms with van der Waals surface area (Å²) < 4.78 is 28.7. The summed E-state index contributed by atoms with van der Waals surface area (Å²) in [6.45, 7) is 1.10. The lowest BCUT2D eigenvalue weighted by atomic mass is 9.94. The van der Waals surface area contributed by atoms with Gasteiger partial charge in [0.05, 0.1) is 0 Å². The highest BCUT2D eigenvalue weighted by molar-refractivity contribution is 9.10. The third-order valence-corrected chi connectivity index (χ3v) is 3.33. The number of hydrogen-bond acceptors (Lipinski definition) is 1. The molecule has 1 saturated heterocycles. The standard InChI is InChI=1S/C11H12BrF2N/c12-10-3-1-8(2-4-10)11(13,14)9-5-6-15-7-9/h1-4,9,15H,5-7H2. The molecule has 0 radical (unpaired) electrons. The van der Waals surface area contributed by atoms with Crippen molar-refractivity contribution in [2.75, 3.05) is 13.1 Å². The van der Waals surface area contributed by atoms with Gasteiger partial charge in [0.15, 0.2) is 0 Å². The molecule has 1 aromatic rings. The summed E-state index contributed by atoms with van der Waals surface area (Å²) in [6.07, 6.45) is 0.545. The topological polar surface area (TPSA) is 12.0 Å². The average Bonchev–Trinajstić information content (AvgIpc) is 2.71. The minimum absolute atomic E-state index is 0.111. The molecule has 2 rings (SSSR count). The maximum absolute atomic E-state index is 13.9. The third kappa shape index (κ3) is 2.21. The predicted octanol–water partition coefficient (Wildman–Crippen LogP) is 3.15. The second-order valence-corrected chi connectivity index (χ2v) is 4.74. The fourth-order valence-electron chi connectivity index (χ4n) is 1.87. The fraction of sp³-hybridized carbons (Fsp3) is 0.455. The summed E-state index contributed by atoms with van der Waals surface area (Å²) in [5.74, 6) is -3.29. The molecule has 1 atom stereocenters. The molecular formula is C11H12BrF2N. The summed E-state index contributed by atoms with van der Waals surface area (Å²) in [4.78, 5) is 0. The lowest BCUT2D eigenvalue weighted by Gasteiger charge is -2.22. The highest BCUT2D eigenvalue weighted by Gasteiger charge is 2.42. The number of benzene rings is 1. The quantitative estimate of drug-likeness (QED) is 0.875. The van der Waals surface area contributed by atoms with E-state index in [2.05, 4.69) is 21.2 Å². The molecule has 1 fully saturated rings. The van der Waals surface area contributed by atoms with E-state index in [1.54, 1.807) is 12.1 Å². The van der Waals surface area contributed by atoms with Crippen LogP contribution in [0.3, 0.4) is 0 Å². The average molecular weight is 276 g/mol. The van der Waals surface area contributed by atoms with E-state index < -0.39 is 11.8 Å². The Morgan fingerprint density at radius 3 is 2.47 bits per heavy atom. The van der Waals surface area contributed by atoms with Crippen LogP contribution in [0.4, 0.5) is 8.78 Å². The van der Waals surface area contributed by atoms with Crippen LogP contribution in [0.1, 0.15) is 12.0 Å². The van der Waals surface area contributed by atoms with Crippen LogP contribution in [0.15, 0.2) is 28.7 Å². The molecule has 1 aliphatic heterocycles. The number of nitrogens with one attached hydrogen (secondary N) is 1. The third-order valence-electron chi connectivity index (χ3n) is 2.80. The normalized spacial score (nSPS) is 21.9. The van der Waals surface area contributed by atoms with Gasteiger partial charge in [0.1, 0.15) is 0 Å². The van der Waals surface area contributed by atoms with Crippen molar-refractivity contribution in [2.45, 2.75) is 12.3 Å². The van der Waals surface area contributed by atoms with Crippen molar-refractivity contribution < 1.29 is 8.78 Å². The SMILES string of the molecule is FC(F)(c1ccc(Br)cc1)C1CCNC1. The molecular weight excluding hydrogens is 264 g/mol. The van der Waals surface area contributed by atoms with Crippen LogP contribution in [0.5, 0.6) is 0 Å². The smallest absolute Gasteiger partial charge is 0.277 e. The first-order chi connectivity index (χ1) is 7.10. The van der Waals surface area contributed by atoms with Gasteiger partial charge in [-0.25, -0.2) is 8.78 Å². The lowest BCUT2D eigenvalue weighted by Crippen LogP contribution is -2.27. The monoisotopic (exact) mass is 275 g/mol. The van der Waals surface area contributed by atoms with Crippen LogP contribution in [0, 0.1) is 5.92 Å². The molecule has 0 aliphatic carbocycles. The highest BCUT2D eigenvalue weighted by atomic mass is 79.9. The number of alkyl halides is 2. The zero-order valence-electron chi connectivity index (χ0n) is 8.14. The van der Waals surface area contributed by atoms with E-state index in [-0.39, 0.29) is 5.56 Å². The zero-order valence-corrected chi connectivity index (χ0v) is 9.73. The Morgan fingerprint density at radius 1 is 1.27 bits per heavy atom. The molecule has 1 nitrogen and oxygen atoms in total. The van der Waals surface area contributed by atoms with Crippen molar-refractivity contribution in [1.29, 1.82) is 0 Å².